The molecule has 1 fully saturated rings. The number of thiophene rings is 1. The zero-order valence-electron chi connectivity index (χ0n) is 16.2. The van der Waals surface area contributed by atoms with Crippen molar-refractivity contribution in [2.24, 2.45) is 0 Å². The molecule has 0 aliphatic carbocycles. The van der Waals surface area contributed by atoms with E-state index in [4.69, 9.17) is 9.15 Å². The molecule has 29 heavy (non-hydrogen) atoms. The second kappa shape index (κ2) is 8.11. The lowest BCUT2D eigenvalue weighted by atomic mass is 10.1. The third-order valence-corrected chi connectivity index (χ3v) is 5.74. The summed E-state index contributed by atoms with van der Waals surface area (Å²) in [6.45, 7) is 6.02. The fraction of sp³-hybridized carbons (Fsp3) is 0.273. The number of nitrogens with one attached hydrogen (secondary N) is 1. The molecular weight excluding hydrogens is 388 g/mol. The minimum absolute atomic E-state index is 0.00771. The molecule has 7 heteroatoms. The number of ether oxygens (including phenoxy) is 1. The topological polar surface area (TPSA) is 71.8 Å². The zero-order valence-corrected chi connectivity index (χ0v) is 17.0. The average Bonchev–Trinajstić information content (AvgIpc) is 3.16. The highest BCUT2D eigenvalue weighted by molar-refractivity contribution is 7.17. The largest absolute Gasteiger partial charge is 0.438 e. The zero-order chi connectivity index (χ0) is 20.4. The molecule has 1 aliphatic rings. The summed E-state index contributed by atoms with van der Waals surface area (Å²) in [5, 5.41) is 4.67. The van der Waals surface area contributed by atoms with Crippen molar-refractivity contribution in [3.05, 3.63) is 45.4 Å². The fourth-order valence-electron chi connectivity index (χ4n) is 3.35. The Hall–Kier alpha value is -3.08. The first kappa shape index (κ1) is 19.2. The van der Waals surface area contributed by atoms with Crippen LogP contribution in [0, 0.1) is 18.8 Å². The highest BCUT2D eigenvalue weighted by Gasteiger charge is 2.22. The van der Waals surface area contributed by atoms with Gasteiger partial charge >= 0.3 is 0 Å². The maximum Gasteiger partial charge on any atom is 0.300 e. The van der Waals surface area contributed by atoms with Crippen LogP contribution in [0.2, 0.25) is 0 Å². The van der Waals surface area contributed by atoms with Gasteiger partial charge in [-0.15, -0.1) is 11.3 Å². The van der Waals surface area contributed by atoms with E-state index < -0.39 is 0 Å². The Morgan fingerprint density at radius 1 is 1.28 bits per heavy atom. The Balaban J connectivity index is 1.78. The smallest absolute Gasteiger partial charge is 0.300 e. The van der Waals surface area contributed by atoms with Crippen LogP contribution < -0.4 is 15.6 Å². The summed E-state index contributed by atoms with van der Waals surface area (Å²) in [7, 11) is 0. The summed E-state index contributed by atoms with van der Waals surface area (Å²) in [6, 6.07) is 7.43. The first-order valence-electron chi connectivity index (χ1n) is 9.30. The Kier molecular flexibility index (Phi) is 5.38. The second-order valence-corrected chi connectivity index (χ2v) is 7.56. The van der Waals surface area contributed by atoms with Crippen LogP contribution in [-0.4, -0.2) is 32.2 Å². The third kappa shape index (κ3) is 3.77. The molecule has 2 aromatic heterocycles. The minimum Gasteiger partial charge on any atom is -0.438 e. The van der Waals surface area contributed by atoms with Crippen molar-refractivity contribution in [3.63, 3.8) is 0 Å². The van der Waals surface area contributed by atoms with Crippen molar-refractivity contribution in [2.45, 2.75) is 13.8 Å². The molecule has 0 radical (unpaired) electrons. The number of nitrogens with zero attached hydrogens (tertiary/aromatic N) is 1. The fourth-order valence-corrected chi connectivity index (χ4v) is 4.35. The molecule has 4 rings (SSSR count). The molecule has 1 aromatic carbocycles. The van der Waals surface area contributed by atoms with Crippen LogP contribution in [0.3, 0.4) is 0 Å². The molecule has 1 saturated heterocycles. The van der Waals surface area contributed by atoms with Crippen LogP contribution in [0.1, 0.15) is 12.5 Å². The molecule has 1 N–H and O–H groups in total. The number of carbonyl (C=O) groups excluding carboxylic acids is 1. The number of morpholine rings is 1. The number of hydrogen-bond donors (Lipinski definition) is 1. The van der Waals surface area contributed by atoms with Gasteiger partial charge in [0.05, 0.1) is 18.8 Å². The van der Waals surface area contributed by atoms with E-state index in [1.54, 1.807) is 19.9 Å². The number of rotatable bonds is 3. The minimum atomic E-state index is -0.364. The van der Waals surface area contributed by atoms with Crippen molar-refractivity contribution >= 4 is 39.1 Å². The Morgan fingerprint density at radius 2 is 2.07 bits per heavy atom. The van der Waals surface area contributed by atoms with Crippen molar-refractivity contribution in [3.8, 4) is 23.0 Å². The average molecular weight is 408 g/mol. The summed E-state index contributed by atoms with van der Waals surface area (Å²) < 4.78 is 12.3. The van der Waals surface area contributed by atoms with E-state index >= 15 is 0 Å². The van der Waals surface area contributed by atoms with Crippen molar-refractivity contribution in [2.75, 3.05) is 36.5 Å². The molecular formula is C22H20N2O4S. The highest BCUT2D eigenvalue weighted by Crippen LogP contribution is 2.36. The van der Waals surface area contributed by atoms with Crippen LogP contribution in [-0.2, 0) is 9.53 Å². The summed E-state index contributed by atoms with van der Waals surface area (Å²) in [6.07, 6.45) is 0. The molecule has 0 saturated carbocycles. The molecule has 0 unspecified atom stereocenters. The van der Waals surface area contributed by atoms with Gasteiger partial charge in [0.2, 0.25) is 11.3 Å². The third-order valence-electron chi connectivity index (χ3n) is 4.78. The van der Waals surface area contributed by atoms with Gasteiger partial charge in [0.15, 0.2) is 5.58 Å². The molecule has 148 valence electrons. The van der Waals surface area contributed by atoms with Crippen LogP contribution >= 0.6 is 11.3 Å². The van der Waals surface area contributed by atoms with E-state index in [1.807, 2.05) is 23.6 Å². The van der Waals surface area contributed by atoms with Crippen molar-refractivity contribution in [1.82, 2.24) is 0 Å². The lowest BCUT2D eigenvalue weighted by Crippen LogP contribution is -2.37. The molecule has 3 aromatic rings. The standard InChI is InChI=1S/C22H20N2O4S/c1-3-5-18(25)23-16-7-4-6-15(12-16)17-13-29-21-19(26)14(2)22(28-20(17)21)24-8-10-27-11-9-24/h4,6-7,12-13H,8-11H2,1-2H3,(H,23,25). The lowest BCUT2D eigenvalue weighted by Gasteiger charge is -2.28. The van der Waals surface area contributed by atoms with Gasteiger partial charge in [0.1, 0.15) is 4.70 Å². The quantitative estimate of drug-likeness (QED) is 0.670. The van der Waals surface area contributed by atoms with E-state index in [1.165, 1.54) is 11.3 Å². The number of anilines is 2. The first-order valence-corrected chi connectivity index (χ1v) is 10.2. The summed E-state index contributed by atoms with van der Waals surface area (Å²) >= 11 is 1.37. The van der Waals surface area contributed by atoms with Gasteiger partial charge in [-0.1, -0.05) is 18.1 Å². The van der Waals surface area contributed by atoms with Crippen molar-refractivity contribution in [1.29, 1.82) is 0 Å². The Labute approximate surface area is 172 Å². The molecule has 6 nitrogen and oxygen atoms in total. The second-order valence-electron chi connectivity index (χ2n) is 6.68. The van der Waals surface area contributed by atoms with Crippen LogP contribution in [0.4, 0.5) is 11.6 Å². The normalized spacial score (nSPS) is 13.8. The predicted molar refractivity (Wildman–Crippen MR) is 116 cm³/mol. The molecule has 0 bridgehead atoms. The van der Waals surface area contributed by atoms with Gasteiger partial charge < -0.3 is 19.4 Å². The first-order chi connectivity index (χ1) is 14.1. The summed E-state index contributed by atoms with van der Waals surface area (Å²) in [5.74, 6) is 5.28. The predicted octanol–water partition coefficient (Wildman–Crippen LogP) is 3.63. The van der Waals surface area contributed by atoms with Crippen LogP contribution in [0.25, 0.3) is 21.4 Å². The van der Waals surface area contributed by atoms with Gasteiger partial charge in [0.25, 0.3) is 5.91 Å². The molecule has 1 amide bonds. The number of carbonyl (C=O) groups is 1. The molecule has 0 spiro atoms. The summed E-state index contributed by atoms with van der Waals surface area (Å²) in [5.41, 5.74) is 3.51. The van der Waals surface area contributed by atoms with Gasteiger partial charge in [-0.3, -0.25) is 9.59 Å². The van der Waals surface area contributed by atoms with E-state index in [9.17, 15) is 9.59 Å². The highest BCUT2D eigenvalue weighted by atomic mass is 32.1. The van der Waals surface area contributed by atoms with E-state index in [-0.39, 0.29) is 11.3 Å². The lowest BCUT2D eigenvalue weighted by molar-refractivity contribution is -0.111. The van der Waals surface area contributed by atoms with Gasteiger partial charge in [-0.05, 0) is 37.5 Å². The van der Waals surface area contributed by atoms with Gasteiger partial charge in [-0.2, -0.15) is 0 Å². The van der Waals surface area contributed by atoms with E-state index in [0.29, 0.717) is 53.7 Å². The number of hydrogen-bond acceptors (Lipinski definition) is 6. The monoisotopic (exact) mass is 408 g/mol. The van der Waals surface area contributed by atoms with Crippen molar-refractivity contribution < 1.29 is 13.9 Å². The van der Waals surface area contributed by atoms with Gasteiger partial charge in [0, 0.05) is 29.7 Å². The van der Waals surface area contributed by atoms with Crippen LogP contribution in [0.5, 0.6) is 0 Å². The van der Waals surface area contributed by atoms with E-state index in [2.05, 4.69) is 22.1 Å². The number of amides is 1. The maximum absolute atomic E-state index is 12.9. The number of fused-ring (bicyclic) bond motifs is 1. The Bertz CT molecular complexity index is 1190. The van der Waals surface area contributed by atoms with Gasteiger partial charge in [-0.25, -0.2) is 0 Å². The molecule has 0 atom stereocenters. The van der Waals surface area contributed by atoms with E-state index in [0.717, 1.165) is 11.1 Å². The SMILES string of the molecule is CC#CC(=O)Nc1cccc(-c2csc3c(=O)c(C)c(N4CCOCC4)oc23)c1. The number of benzene rings is 1. The molecule has 3 heterocycles. The molecule has 1 aliphatic heterocycles. The summed E-state index contributed by atoms with van der Waals surface area (Å²) in [4.78, 5) is 26.8. The maximum atomic E-state index is 12.9. The van der Waals surface area contributed by atoms with Crippen LogP contribution in [0.15, 0.2) is 38.9 Å². The Morgan fingerprint density at radius 3 is 2.83 bits per heavy atom.